The van der Waals surface area contributed by atoms with Crippen LogP contribution >= 0.6 is 0 Å². The fourth-order valence-electron chi connectivity index (χ4n) is 3.76. The van der Waals surface area contributed by atoms with Gasteiger partial charge in [0.15, 0.2) is 0 Å². The fourth-order valence-corrected chi connectivity index (χ4v) is 5.36. The first-order valence-electron chi connectivity index (χ1n) is 10.4. The van der Waals surface area contributed by atoms with Crippen molar-refractivity contribution in [2.45, 2.75) is 18.7 Å². The molecule has 0 aliphatic rings. The molecule has 0 bridgehead atoms. The molecular weight excluding hydrogens is 436 g/mol. The van der Waals surface area contributed by atoms with E-state index in [0.29, 0.717) is 16.8 Å². The highest BCUT2D eigenvalue weighted by atomic mass is 32.2. The van der Waals surface area contributed by atoms with Gasteiger partial charge in [0.1, 0.15) is 22.0 Å². The number of para-hydroxylation sites is 1. The van der Waals surface area contributed by atoms with E-state index in [1.807, 2.05) is 19.1 Å². The van der Waals surface area contributed by atoms with Crippen molar-refractivity contribution < 1.29 is 13.5 Å². The Morgan fingerprint density at radius 2 is 1.64 bits per heavy atom. The Morgan fingerprint density at radius 1 is 0.939 bits per heavy atom. The second-order valence-corrected chi connectivity index (χ2v) is 9.39. The lowest BCUT2D eigenvalue weighted by Gasteiger charge is -2.23. The Morgan fingerprint density at radius 3 is 2.36 bits per heavy atom. The number of hydrogen-bond donors (Lipinski definition) is 2. The zero-order chi connectivity index (χ0) is 23.6. The lowest BCUT2D eigenvalue weighted by Crippen LogP contribution is -2.30. The molecule has 0 spiro atoms. The maximum Gasteiger partial charge on any atom is 0.266 e. The second kappa shape index (κ2) is 8.91. The van der Waals surface area contributed by atoms with Crippen molar-refractivity contribution in [3.63, 3.8) is 0 Å². The van der Waals surface area contributed by atoms with Crippen LogP contribution in [0.3, 0.4) is 0 Å². The van der Waals surface area contributed by atoms with Crippen LogP contribution in [0.2, 0.25) is 0 Å². The highest BCUT2D eigenvalue weighted by Gasteiger charge is 2.26. The minimum absolute atomic E-state index is 0.0262. The Hall–Kier alpha value is -3.91. The number of azo groups is 1. The summed E-state index contributed by atoms with van der Waals surface area (Å²) in [6.07, 6.45) is 0. The summed E-state index contributed by atoms with van der Waals surface area (Å²) in [5.74, 6) is 0.0355. The van der Waals surface area contributed by atoms with Gasteiger partial charge in [0, 0.05) is 6.54 Å². The molecule has 4 aromatic rings. The molecule has 0 aliphatic heterocycles. The van der Waals surface area contributed by atoms with Gasteiger partial charge in [0.2, 0.25) is 0 Å². The number of aromatic hydroxyl groups is 1. The van der Waals surface area contributed by atoms with Crippen molar-refractivity contribution in [1.82, 2.24) is 0 Å². The second-order valence-electron chi connectivity index (χ2n) is 7.56. The molecule has 0 unspecified atom stereocenters. The third kappa shape index (κ3) is 4.25. The first-order chi connectivity index (χ1) is 15.8. The van der Waals surface area contributed by atoms with E-state index in [1.54, 1.807) is 67.6 Å². The van der Waals surface area contributed by atoms with Crippen molar-refractivity contribution >= 4 is 43.5 Å². The maximum atomic E-state index is 13.5. The molecule has 0 amide bonds. The molecule has 0 heterocycles. The van der Waals surface area contributed by atoms with Gasteiger partial charge in [-0.05, 0) is 61.2 Å². The molecule has 4 aromatic carbocycles. The molecule has 168 valence electrons. The summed E-state index contributed by atoms with van der Waals surface area (Å²) in [5, 5.41) is 20.3. The molecule has 3 N–H and O–H groups in total. The Balaban J connectivity index is 1.82. The number of nitrogen functional groups attached to an aromatic ring is 1. The molecule has 7 nitrogen and oxygen atoms in total. The number of hydrogen-bond acceptors (Lipinski definition) is 6. The summed E-state index contributed by atoms with van der Waals surface area (Å²) in [5.41, 5.74) is 8.37. The molecular formula is C25H24N4O3S. The van der Waals surface area contributed by atoms with Crippen LogP contribution in [-0.2, 0) is 10.0 Å². The normalized spacial score (nSPS) is 11.8. The lowest BCUT2D eigenvalue weighted by molar-refractivity contribution is 0.481. The van der Waals surface area contributed by atoms with Gasteiger partial charge in [-0.1, -0.05) is 42.5 Å². The van der Waals surface area contributed by atoms with Gasteiger partial charge < -0.3 is 10.8 Å². The SMILES string of the molecule is CCN(c1ccccc1)S(=O)(=O)c1ccccc1/N=N/c1c(N)ccc2cc(C)cc(O)c12. The number of fused-ring (bicyclic) bond motifs is 1. The average molecular weight is 461 g/mol. The number of aryl methyl sites for hydroxylation is 1. The number of anilines is 2. The molecule has 0 saturated heterocycles. The number of phenolic OH excluding ortho intramolecular Hbond substituents is 1. The van der Waals surface area contributed by atoms with Crippen molar-refractivity contribution in [3.8, 4) is 5.75 Å². The van der Waals surface area contributed by atoms with Gasteiger partial charge >= 0.3 is 0 Å². The fraction of sp³-hybridized carbons (Fsp3) is 0.120. The van der Waals surface area contributed by atoms with Crippen molar-refractivity contribution in [2.24, 2.45) is 10.2 Å². The van der Waals surface area contributed by atoms with Crippen LogP contribution in [0.15, 0.2) is 94.0 Å². The van der Waals surface area contributed by atoms with Crippen molar-refractivity contribution in [3.05, 3.63) is 84.4 Å². The summed E-state index contributed by atoms with van der Waals surface area (Å²) >= 11 is 0. The monoisotopic (exact) mass is 460 g/mol. The number of benzene rings is 4. The van der Waals surface area contributed by atoms with Crippen molar-refractivity contribution in [2.75, 3.05) is 16.6 Å². The van der Waals surface area contributed by atoms with Gasteiger partial charge in [0.25, 0.3) is 10.0 Å². The maximum absolute atomic E-state index is 13.5. The molecule has 0 radical (unpaired) electrons. The van der Waals surface area contributed by atoms with Gasteiger partial charge in [-0.15, -0.1) is 10.2 Å². The molecule has 4 rings (SSSR count). The average Bonchev–Trinajstić information content (AvgIpc) is 2.80. The topological polar surface area (TPSA) is 108 Å². The minimum atomic E-state index is -3.91. The molecule has 0 aliphatic carbocycles. The molecule has 0 fully saturated rings. The zero-order valence-electron chi connectivity index (χ0n) is 18.3. The minimum Gasteiger partial charge on any atom is -0.507 e. The van der Waals surface area contributed by atoms with Gasteiger partial charge in [-0.3, -0.25) is 4.31 Å². The van der Waals surface area contributed by atoms with Crippen LogP contribution in [-0.4, -0.2) is 20.1 Å². The van der Waals surface area contributed by atoms with Crippen LogP contribution in [0.4, 0.5) is 22.7 Å². The highest BCUT2D eigenvalue weighted by Crippen LogP contribution is 2.40. The van der Waals surface area contributed by atoms with Crippen LogP contribution in [0, 0.1) is 6.92 Å². The highest BCUT2D eigenvalue weighted by molar-refractivity contribution is 7.93. The van der Waals surface area contributed by atoms with Crippen LogP contribution in [0.25, 0.3) is 10.8 Å². The summed E-state index contributed by atoms with van der Waals surface area (Å²) in [6, 6.07) is 22.3. The Bertz CT molecular complexity index is 1450. The van der Waals surface area contributed by atoms with E-state index in [1.165, 1.54) is 10.4 Å². The van der Waals surface area contributed by atoms with Gasteiger partial charge in [0.05, 0.1) is 16.8 Å². The smallest absolute Gasteiger partial charge is 0.266 e. The molecule has 0 saturated carbocycles. The standard InChI is InChI=1S/C25H24N4O3S/c1-3-29(19-9-5-4-6-10-19)33(31,32)23-12-8-7-11-21(23)27-28-25-20(26)14-13-18-15-17(2)16-22(30)24(18)25/h4-16,30H,3,26H2,1-2H3/b28-27+. The molecule has 33 heavy (non-hydrogen) atoms. The van der Waals surface area contributed by atoms with Crippen LogP contribution in [0.5, 0.6) is 5.75 Å². The quantitative estimate of drug-likeness (QED) is 0.269. The van der Waals surface area contributed by atoms with Gasteiger partial charge in [-0.25, -0.2) is 8.42 Å². The predicted octanol–water partition coefficient (Wildman–Crippen LogP) is 6.07. The Labute approximate surface area is 192 Å². The number of phenols is 1. The summed E-state index contributed by atoms with van der Waals surface area (Å²) in [4.78, 5) is 0.0262. The number of sulfonamides is 1. The predicted molar refractivity (Wildman–Crippen MR) is 132 cm³/mol. The number of nitrogens with zero attached hydrogens (tertiary/aromatic N) is 3. The van der Waals surface area contributed by atoms with E-state index >= 15 is 0 Å². The van der Waals surface area contributed by atoms with Crippen LogP contribution in [0.1, 0.15) is 12.5 Å². The van der Waals surface area contributed by atoms with E-state index in [2.05, 4.69) is 10.2 Å². The first kappa shape index (κ1) is 22.3. The third-order valence-electron chi connectivity index (χ3n) is 5.27. The van der Waals surface area contributed by atoms with E-state index in [-0.39, 0.29) is 28.6 Å². The van der Waals surface area contributed by atoms with Crippen molar-refractivity contribution in [1.29, 1.82) is 0 Å². The van der Waals surface area contributed by atoms with E-state index < -0.39 is 10.0 Å². The first-order valence-corrected chi connectivity index (χ1v) is 11.9. The van der Waals surface area contributed by atoms with E-state index in [0.717, 1.165) is 10.9 Å². The van der Waals surface area contributed by atoms with E-state index in [4.69, 9.17) is 5.73 Å². The number of nitrogens with two attached hydrogens (primary N) is 1. The zero-order valence-corrected chi connectivity index (χ0v) is 19.1. The summed E-state index contributed by atoms with van der Waals surface area (Å²) < 4.78 is 28.4. The molecule has 0 atom stereocenters. The lowest BCUT2D eigenvalue weighted by atomic mass is 10.0. The third-order valence-corrected chi connectivity index (χ3v) is 7.22. The Kier molecular flexibility index (Phi) is 6.02. The van der Waals surface area contributed by atoms with Crippen LogP contribution < -0.4 is 10.0 Å². The largest absolute Gasteiger partial charge is 0.507 e. The summed E-state index contributed by atoms with van der Waals surface area (Å²) in [7, 11) is -3.91. The number of rotatable bonds is 6. The molecule has 8 heteroatoms. The van der Waals surface area contributed by atoms with E-state index in [9.17, 15) is 13.5 Å². The van der Waals surface area contributed by atoms with Gasteiger partial charge in [-0.2, -0.15) is 0 Å². The molecule has 0 aromatic heterocycles. The summed E-state index contributed by atoms with van der Waals surface area (Å²) in [6.45, 7) is 3.90.